The van der Waals surface area contributed by atoms with E-state index in [0.717, 1.165) is 30.8 Å². The van der Waals surface area contributed by atoms with Gasteiger partial charge in [0.25, 0.3) is 0 Å². The molecule has 1 aliphatic heterocycles. The third kappa shape index (κ3) is 2.98. The standard InChI is InChI=1S/C16H23NO2/c1-12(19)13-5-4-6-15(9-13)17-8-7-14(10-18)16(2,3)11-17/h4-6,9,14,18H,7-8,10-11H2,1-3H3. The summed E-state index contributed by atoms with van der Waals surface area (Å²) in [6.45, 7) is 8.12. The van der Waals surface area contributed by atoms with E-state index < -0.39 is 0 Å². The second kappa shape index (κ2) is 5.33. The van der Waals surface area contributed by atoms with Gasteiger partial charge in [0, 0.05) is 30.9 Å². The molecule has 104 valence electrons. The fourth-order valence-corrected chi connectivity index (χ4v) is 2.88. The van der Waals surface area contributed by atoms with Gasteiger partial charge in [0.1, 0.15) is 0 Å². The van der Waals surface area contributed by atoms with E-state index in [2.05, 4.69) is 24.8 Å². The van der Waals surface area contributed by atoms with Crippen LogP contribution in [0.4, 0.5) is 5.69 Å². The molecular weight excluding hydrogens is 238 g/mol. The summed E-state index contributed by atoms with van der Waals surface area (Å²) in [5, 5.41) is 9.44. The first kappa shape index (κ1) is 14.1. The third-order valence-corrected chi connectivity index (χ3v) is 4.29. The second-order valence-corrected chi connectivity index (χ2v) is 6.18. The molecule has 0 spiro atoms. The Morgan fingerprint density at radius 2 is 2.21 bits per heavy atom. The molecule has 0 aromatic heterocycles. The number of rotatable bonds is 3. The van der Waals surface area contributed by atoms with Crippen molar-refractivity contribution in [3.05, 3.63) is 29.8 Å². The van der Waals surface area contributed by atoms with Gasteiger partial charge in [-0.2, -0.15) is 0 Å². The molecule has 2 rings (SSSR count). The quantitative estimate of drug-likeness (QED) is 0.851. The zero-order valence-corrected chi connectivity index (χ0v) is 12.0. The number of carbonyl (C=O) groups is 1. The highest BCUT2D eigenvalue weighted by Crippen LogP contribution is 2.36. The summed E-state index contributed by atoms with van der Waals surface area (Å²) >= 11 is 0. The molecule has 0 amide bonds. The van der Waals surface area contributed by atoms with E-state index in [-0.39, 0.29) is 17.8 Å². The van der Waals surface area contributed by atoms with Crippen molar-refractivity contribution in [3.8, 4) is 0 Å². The molecular formula is C16H23NO2. The molecule has 1 unspecified atom stereocenters. The van der Waals surface area contributed by atoms with Gasteiger partial charge in [-0.3, -0.25) is 4.79 Å². The van der Waals surface area contributed by atoms with Crippen LogP contribution in [0.2, 0.25) is 0 Å². The Hall–Kier alpha value is -1.35. The summed E-state index contributed by atoms with van der Waals surface area (Å²) in [4.78, 5) is 13.8. The first-order chi connectivity index (χ1) is 8.94. The predicted molar refractivity (Wildman–Crippen MR) is 77.6 cm³/mol. The van der Waals surface area contributed by atoms with Crippen molar-refractivity contribution in [1.29, 1.82) is 0 Å². The van der Waals surface area contributed by atoms with Gasteiger partial charge in [0.15, 0.2) is 5.78 Å². The van der Waals surface area contributed by atoms with Gasteiger partial charge < -0.3 is 10.0 Å². The number of anilines is 1. The highest BCUT2D eigenvalue weighted by Gasteiger charge is 2.35. The number of aliphatic hydroxyl groups excluding tert-OH is 1. The molecule has 0 aliphatic carbocycles. The van der Waals surface area contributed by atoms with Gasteiger partial charge in [0.05, 0.1) is 0 Å². The van der Waals surface area contributed by atoms with E-state index in [1.807, 2.05) is 18.2 Å². The number of Topliss-reactive ketones (excluding diaryl/α,β-unsaturated/α-hetero) is 1. The lowest BCUT2D eigenvalue weighted by Gasteiger charge is -2.44. The van der Waals surface area contributed by atoms with E-state index in [1.54, 1.807) is 6.92 Å². The van der Waals surface area contributed by atoms with Crippen molar-refractivity contribution in [2.45, 2.75) is 27.2 Å². The highest BCUT2D eigenvalue weighted by atomic mass is 16.3. The molecule has 1 saturated heterocycles. The van der Waals surface area contributed by atoms with Crippen LogP contribution in [0.5, 0.6) is 0 Å². The third-order valence-electron chi connectivity index (χ3n) is 4.29. The number of piperidine rings is 1. The minimum absolute atomic E-state index is 0.0965. The van der Waals surface area contributed by atoms with Crippen LogP contribution in [0.15, 0.2) is 24.3 Å². The number of nitrogens with zero attached hydrogens (tertiary/aromatic N) is 1. The van der Waals surface area contributed by atoms with Crippen molar-refractivity contribution in [1.82, 2.24) is 0 Å². The van der Waals surface area contributed by atoms with Crippen LogP contribution < -0.4 is 4.90 Å². The Labute approximate surface area is 115 Å². The monoisotopic (exact) mass is 261 g/mol. The first-order valence-electron chi connectivity index (χ1n) is 6.91. The fraction of sp³-hybridized carbons (Fsp3) is 0.562. The zero-order chi connectivity index (χ0) is 14.0. The van der Waals surface area contributed by atoms with Gasteiger partial charge in [0.2, 0.25) is 0 Å². The number of benzene rings is 1. The Bertz CT molecular complexity index is 468. The number of hydrogen-bond donors (Lipinski definition) is 1. The molecule has 19 heavy (non-hydrogen) atoms. The first-order valence-corrected chi connectivity index (χ1v) is 6.91. The Morgan fingerprint density at radius 3 is 2.79 bits per heavy atom. The lowest BCUT2D eigenvalue weighted by atomic mass is 9.74. The van der Waals surface area contributed by atoms with E-state index in [4.69, 9.17) is 0 Å². The molecule has 1 heterocycles. The van der Waals surface area contributed by atoms with Crippen LogP contribution in [0.3, 0.4) is 0 Å². The molecule has 0 bridgehead atoms. The van der Waals surface area contributed by atoms with Gasteiger partial charge in [-0.15, -0.1) is 0 Å². The van der Waals surface area contributed by atoms with E-state index in [1.165, 1.54) is 0 Å². The van der Waals surface area contributed by atoms with Crippen molar-refractivity contribution < 1.29 is 9.90 Å². The largest absolute Gasteiger partial charge is 0.396 e. The van der Waals surface area contributed by atoms with E-state index in [9.17, 15) is 9.90 Å². The molecule has 1 aromatic carbocycles. The molecule has 1 fully saturated rings. The van der Waals surface area contributed by atoms with Crippen LogP contribution in [0.25, 0.3) is 0 Å². The van der Waals surface area contributed by atoms with Gasteiger partial charge in [-0.25, -0.2) is 0 Å². The second-order valence-electron chi connectivity index (χ2n) is 6.18. The lowest BCUT2D eigenvalue weighted by molar-refractivity contribution is 0.0972. The summed E-state index contributed by atoms with van der Waals surface area (Å²) in [6, 6.07) is 7.83. The molecule has 0 radical (unpaired) electrons. The Kier molecular flexibility index (Phi) is 3.95. The van der Waals surface area contributed by atoms with Crippen molar-refractivity contribution in [2.24, 2.45) is 11.3 Å². The number of ketones is 1. The molecule has 3 heteroatoms. The SMILES string of the molecule is CC(=O)c1cccc(N2CCC(CO)C(C)(C)C2)c1. The van der Waals surface area contributed by atoms with Crippen molar-refractivity contribution in [2.75, 3.05) is 24.6 Å². The van der Waals surface area contributed by atoms with Crippen LogP contribution in [-0.2, 0) is 0 Å². The summed E-state index contributed by atoms with van der Waals surface area (Å²) in [7, 11) is 0. The molecule has 0 saturated carbocycles. The Morgan fingerprint density at radius 1 is 1.47 bits per heavy atom. The predicted octanol–water partition coefficient (Wildman–Crippen LogP) is 2.73. The summed E-state index contributed by atoms with van der Waals surface area (Å²) in [6.07, 6.45) is 0.994. The summed E-state index contributed by atoms with van der Waals surface area (Å²) in [5.41, 5.74) is 1.97. The number of aliphatic hydroxyl groups is 1. The zero-order valence-electron chi connectivity index (χ0n) is 12.0. The van der Waals surface area contributed by atoms with Crippen LogP contribution in [-0.4, -0.2) is 30.6 Å². The summed E-state index contributed by atoms with van der Waals surface area (Å²) in [5.74, 6) is 0.464. The average molecular weight is 261 g/mol. The van der Waals surface area contributed by atoms with E-state index >= 15 is 0 Å². The fourth-order valence-electron chi connectivity index (χ4n) is 2.88. The van der Waals surface area contributed by atoms with Crippen molar-refractivity contribution in [3.63, 3.8) is 0 Å². The van der Waals surface area contributed by atoms with E-state index in [0.29, 0.717) is 5.92 Å². The minimum Gasteiger partial charge on any atom is -0.396 e. The maximum atomic E-state index is 11.5. The topological polar surface area (TPSA) is 40.5 Å². The lowest BCUT2D eigenvalue weighted by Crippen LogP contribution is -2.47. The average Bonchev–Trinajstić information content (AvgIpc) is 2.37. The molecule has 1 atom stereocenters. The van der Waals surface area contributed by atoms with Crippen molar-refractivity contribution >= 4 is 11.5 Å². The molecule has 1 aromatic rings. The molecule has 1 N–H and O–H groups in total. The number of hydrogen-bond acceptors (Lipinski definition) is 3. The van der Waals surface area contributed by atoms with Gasteiger partial charge in [-0.05, 0) is 36.8 Å². The van der Waals surface area contributed by atoms with Gasteiger partial charge >= 0.3 is 0 Å². The maximum absolute atomic E-state index is 11.5. The van der Waals surface area contributed by atoms with Crippen LogP contribution in [0.1, 0.15) is 37.6 Å². The van der Waals surface area contributed by atoms with Crippen LogP contribution >= 0.6 is 0 Å². The smallest absolute Gasteiger partial charge is 0.159 e. The maximum Gasteiger partial charge on any atom is 0.159 e. The highest BCUT2D eigenvalue weighted by molar-refractivity contribution is 5.94. The summed E-state index contributed by atoms with van der Waals surface area (Å²) < 4.78 is 0. The Balaban J connectivity index is 2.20. The number of carbonyl (C=O) groups excluding carboxylic acids is 1. The molecule has 3 nitrogen and oxygen atoms in total. The van der Waals surface area contributed by atoms with Crippen LogP contribution in [0, 0.1) is 11.3 Å². The van der Waals surface area contributed by atoms with Gasteiger partial charge in [-0.1, -0.05) is 26.0 Å². The molecule has 1 aliphatic rings. The normalized spacial score (nSPS) is 22.3. The minimum atomic E-state index is 0.0965.